The van der Waals surface area contributed by atoms with Crippen LogP contribution in [-0.4, -0.2) is 57.6 Å². The summed E-state index contributed by atoms with van der Waals surface area (Å²) >= 11 is 0. The summed E-state index contributed by atoms with van der Waals surface area (Å²) in [6.07, 6.45) is 0.704. The van der Waals surface area contributed by atoms with Crippen LogP contribution in [0.15, 0.2) is 71.6 Å². The lowest BCUT2D eigenvalue weighted by molar-refractivity contribution is 0.0668. The van der Waals surface area contributed by atoms with Gasteiger partial charge in [0.2, 0.25) is 0 Å². The van der Waals surface area contributed by atoms with E-state index in [1.165, 1.54) is 6.26 Å². The molecule has 1 N–H and O–H groups in total. The molecule has 3 aromatic rings. The summed E-state index contributed by atoms with van der Waals surface area (Å²) in [5.74, 6) is 1.66. The van der Waals surface area contributed by atoms with Gasteiger partial charge in [0.15, 0.2) is 9.84 Å². The summed E-state index contributed by atoms with van der Waals surface area (Å²) < 4.78 is 49.4. The minimum atomic E-state index is -3.40. The molecule has 0 aromatic heterocycles. The van der Waals surface area contributed by atoms with Gasteiger partial charge >= 0.3 is 0 Å². The van der Waals surface area contributed by atoms with Crippen molar-refractivity contribution in [2.45, 2.75) is 17.9 Å². The van der Waals surface area contributed by atoms with Crippen LogP contribution in [0.1, 0.15) is 29.7 Å². The molecule has 0 amide bonds. The van der Waals surface area contributed by atoms with Crippen molar-refractivity contribution in [3.63, 3.8) is 0 Å². The van der Waals surface area contributed by atoms with Gasteiger partial charge in [-0.15, -0.1) is 0 Å². The molecule has 8 heteroatoms. The van der Waals surface area contributed by atoms with Gasteiger partial charge in [-0.1, -0.05) is 24.3 Å². The fourth-order valence-electron chi connectivity index (χ4n) is 4.93. The number of fused-ring (bicyclic) bond motifs is 1. The molecular weight excluding hydrogens is 493 g/mol. The number of halogens is 1. The molecule has 5 rings (SSSR count). The van der Waals surface area contributed by atoms with E-state index < -0.39 is 15.9 Å². The summed E-state index contributed by atoms with van der Waals surface area (Å²) in [6, 6.07) is 19.5. The van der Waals surface area contributed by atoms with Crippen LogP contribution in [-0.2, 0) is 9.84 Å². The number of phenols is 1. The lowest BCUT2D eigenvalue weighted by atomic mass is 9.86. The predicted molar refractivity (Wildman–Crippen MR) is 141 cm³/mol. The number of sulfone groups is 1. The van der Waals surface area contributed by atoms with Crippen LogP contribution >= 0.6 is 0 Å². The molecule has 1 unspecified atom stereocenters. The van der Waals surface area contributed by atoms with Gasteiger partial charge in [-0.3, -0.25) is 9.29 Å². The highest BCUT2D eigenvalue weighted by Crippen LogP contribution is 2.47. The lowest BCUT2D eigenvalue weighted by Crippen LogP contribution is -2.49. The Labute approximate surface area is 216 Å². The Morgan fingerprint density at radius 3 is 2.54 bits per heavy atom. The molecular formula is C29H30FNO5S. The molecule has 3 aromatic carbocycles. The van der Waals surface area contributed by atoms with Crippen molar-refractivity contribution < 1.29 is 27.4 Å². The van der Waals surface area contributed by atoms with Crippen molar-refractivity contribution in [1.29, 1.82) is 0 Å². The number of rotatable bonds is 8. The molecule has 2 heterocycles. The van der Waals surface area contributed by atoms with Crippen LogP contribution in [0.25, 0.3) is 11.1 Å². The van der Waals surface area contributed by atoms with Crippen molar-refractivity contribution in [2.24, 2.45) is 5.92 Å². The Morgan fingerprint density at radius 2 is 1.84 bits per heavy atom. The third-order valence-electron chi connectivity index (χ3n) is 6.96. The zero-order valence-corrected chi connectivity index (χ0v) is 21.7. The maximum absolute atomic E-state index is 12.6. The normalized spacial score (nSPS) is 18.2. The molecule has 194 valence electrons. The molecule has 0 aliphatic carbocycles. The zero-order chi connectivity index (χ0) is 26.2. The second-order valence-corrected chi connectivity index (χ2v) is 11.7. The maximum atomic E-state index is 12.6. The molecule has 6 nitrogen and oxygen atoms in total. The largest absolute Gasteiger partial charge is 0.508 e. The fraction of sp³-hybridized carbons (Fsp3) is 0.310. The van der Waals surface area contributed by atoms with E-state index in [4.69, 9.17) is 9.47 Å². The van der Waals surface area contributed by atoms with Gasteiger partial charge in [0.1, 0.15) is 30.0 Å². The SMILES string of the molecule is CC1=C(c2cccc(S(C)(=O)=O)c2)C(c2ccc(OCCN3CC(CF)C3)cc2)Oc2ccc(O)cc21. The molecule has 1 saturated heterocycles. The Balaban J connectivity index is 1.43. The number of alkyl halides is 1. The molecule has 0 radical (unpaired) electrons. The molecule has 1 atom stereocenters. The van der Waals surface area contributed by atoms with Crippen molar-refractivity contribution in [2.75, 3.05) is 39.2 Å². The number of aromatic hydroxyl groups is 1. The highest BCUT2D eigenvalue weighted by molar-refractivity contribution is 7.90. The summed E-state index contributed by atoms with van der Waals surface area (Å²) in [5, 5.41) is 10.1. The summed E-state index contributed by atoms with van der Waals surface area (Å²) in [6.45, 7) is 4.55. The topological polar surface area (TPSA) is 76.1 Å². The Kier molecular flexibility index (Phi) is 6.96. The number of allylic oxidation sites excluding steroid dienone is 1. The van der Waals surface area contributed by atoms with E-state index in [9.17, 15) is 17.9 Å². The van der Waals surface area contributed by atoms with E-state index >= 15 is 0 Å². The smallest absolute Gasteiger partial charge is 0.175 e. The minimum Gasteiger partial charge on any atom is -0.508 e. The van der Waals surface area contributed by atoms with Crippen molar-refractivity contribution >= 4 is 21.0 Å². The van der Waals surface area contributed by atoms with Gasteiger partial charge in [-0.2, -0.15) is 0 Å². The molecule has 2 aliphatic heterocycles. The predicted octanol–water partition coefficient (Wildman–Crippen LogP) is 5.14. The van der Waals surface area contributed by atoms with Crippen LogP contribution in [0.4, 0.5) is 4.39 Å². The van der Waals surface area contributed by atoms with Crippen molar-refractivity contribution in [1.82, 2.24) is 4.90 Å². The first-order valence-electron chi connectivity index (χ1n) is 12.3. The Hall–Kier alpha value is -3.36. The van der Waals surface area contributed by atoms with Crippen LogP contribution in [0, 0.1) is 5.92 Å². The molecule has 0 spiro atoms. The number of hydrogen-bond acceptors (Lipinski definition) is 6. The molecule has 37 heavy (non-hydrogen) atoms. The second-order valence-electron chi connectivity index (χ2n) is 9.71. The number of phenolic OH excluding ortho intramolecular Hbond substituents is 1. The van der Waals surface area contributed by atoms with E-state index in [-0.39, 0.29) is 23.2 Å². The van der Waals surface area contributed by atoms with Gasteiger partial charge in [0.05, 0.1) is 11.6 Å². The van der Waals surface area contributed by atoms with E-state index in [0.717, 1.165) is 53.2 Å². The van der Waals surface area contributed by atoms with Crippen molar-refractivity contribution in [3.05, 3.63) is 83.4 Å². The molecule has 0 saturated carbocycles. The van der Waals surface area contributed by atoms with E-state index in [2.05, 4.69) is 4.90 Å². The quantitative estimate of drug-likeness (QED) is 0.441. The molecule has 1 fully saturated rings. The van der Waals surface area contributed by atoms with E-state index in [1.54, 1.807) is 36.4 Å². The van der Waals surface area contributed by atoms with E-state index in [0.29, 0.717) is 12.4 Å². The number of nitrogens with zero attached hydrogens (tertiary/aromatic N) is 1. The first-order valence-corrected chi connectivity index (χ1v) is 14.1. The average Bonchev–Trinajstić information content (AvgIpc) is 2.85. The highest BCUT2D eigenvalue weighted by Gasteiger charge is 2.30. The second kappa shape index (κ2) is 10.2. The number of benzene rings is 3. The zero-order valence-electron chi connectivity index (χ0n) is 20.9. The first kappa shape index (κ1) is 25.3. The van der Waals surface area contributed by atoms with Crippen molar-refractivity contribution in [3.8, 4) is 17.2 Å². The van der Waals surface area contributed by atoms with Gasteiger partial charge in [-0.25, -0.2) is 8.42 Å². The number of ether oxygens (including phenoxy) is 2. The summed E-state index contributed by atoms with van der Waals surface area (Å²) in [4.78, 5) is 2.41. The van der Waals surface area contributed by atoms with Gasteiger partial charge in [0, 0.05) is 42.9 Å². The van der Waals surface area contributed by atoms with Gasteiger partial charge < -0.3 is 14.6 Å². The molecule has 0 bridgehead atoms. The van der Waals surface area contributed by atoms with Crippen LogP contribution < -0.4 is 9.47 Å². The summed E-state index contributed by atoms with van der Waals surface area (Å²) in [5.41, 5.74) is 4.11. The van der Waals surface area contributed by atoms with Crippen LogP contribution in [0.3, 0.4) is 0 Å². The monoisotopic (exact) mass is 523 g/mol. The van der Waals surface area contributed by atoms with E-state index in [1.807, 2.05) is 37.3 Å². The minimum absolute atomic E-state index is 0.129. The number of hydrogen-bond donors (Lipinski definition) is 1. The average molecular weight is 524 g/mol. The molecule has 2 aliphatic rings. The summed E-state index contributed by atoms with van der Waals surface area (Å²) in [7, 11) is -3.40. The highest BCUT2D eigenvalue weighted by atomic mass is 32.2. The fourth-order valence-corrected chi connectivity index (χ4v) is 5.59. The van der Waals surface area contributed by atoms with Crippen LogP contribution in [0.2, 0.25) is 0 Å². The Morgan fingerprint density at radius 1 is 1.08 bits per heavy atom. The van der Waals surface area contributed by atoms with Crippen LogP contribution in [0.5, 0.6) is 17.2 Å². The standard InChI is InChI=1S/C29H30FNO5S/c1-19-26-15-23(32)8-11-27(26)36-29(28(19)22-4-3-5-25(14-22)37(2,33)34)21-6-9-24(10-7-21)35-13-12-31-17-20(16-30)18-31/h3-11,14-15,20,29,32H,12-13,16-18H2,1-2H3. The first-order chi connectivity index (χ1) is 17.7. The van der Waals surface area contributed by atoms with Gasteiger partial charge in [-0.05, 0) is 66.1 Å². The lowest BCUT2D eigenvalue weighted by Gasteiger charge is -2.37. The third-order valence-corrected chi connectivity index (χ3v) is 8.07. The van der Waals surface area contributed by atoms with Gasteiger partial charge in [0.25, 0.3) is 0 Å². The maximum Gasteiger partial charge on any atom is 0.175 e. The number of likely N-dealkylation sites (tertiary alicyclic amines) is 1. The third kappa shape index (κ3) is 5.36. The Bertz CT molecular complexity index is 1430.